The first-order valence-corrected chi connectivity index (χ1v) is 7.69. The number of carbonyl (C=O) groups excluding carboxylic acids is 1. The first kappa shape index (κ1) is 16.0. The molecule has 0 amide bonds. The van der Waals surface area contributed by atoms with Crippen LogP contribution in [0.5, 0.6) is 0 Å². The maximum Gasteiger partial charge on any atom is 0.325 e. The van der Waals surface area contributed by atoms with E-state index in [0.29, 0.717) is 12.8 Å². The molecule has 0 aliphatic heterocycles. The molecule has 124 valence electrons. The molecular formula is C18H17NO5. The van der Waals surface area contributed by atoms with Gasteiger partial charge in [0.05, 0.1) is 0 Å². The largest absolute Gasteiger partial charge is 0.480 e. The molecule has 6 nitrogen and oxygen atoms in total. The maximum absolute atomic E-state index is 12.7. The molecule has 6 heteroatoms. The quantitative estimate of drug-likeness (QED) is 0.794. The van der Waals surface area contributed by atoms with Gasteiger partial charge in [0.15, 0.2) is 5.78 Å². The first-order chi connectivity index (χ1) is 11.5. The summed E-state index contributed by atoms with van der Waals surface area (Å²) in [4.78, 5) is 35.1. The van der Waals surface area contributed by atoms with Crippen LogP contribution in [0, 0.1) is 5.92 Å². The normalized spacial score (nSPS) is 15.7. The first-order valence-electron chi connectivity index (χ1n) is 7.69. The van der Waals surface area contributed by atoms with E-state index in [-0.39, 0.29) is 0 Å². The van der Waals surface area contributed by atoms with E-state index in [1.54, 1.807) is 17.0 Å². The van der Waals surface area contributed by atoms with Crippen molar-refractivity contribution >= 4 is 17.7 Å². The van der Waals surface area contributed by atoms with Crippen molar-refractivity contribution in [2.75, 3.05) is 0 Å². The van der Waals surface area contributed by atoms with Gasteiger partial charge in [-0.15, -0.1) is 0 Å². The van der Waals surface area contributed by atoms with Crippen LogP contribution in [0.4, 0.5) is 0 Å². The van der Waals surface area contributed by atoms with Crippen molar-refractivity contribution in [1.29, 1.82) is 0 Å². The molecule has 0 atom stereocenters. The van der Waals surface area contributed by atoms with Crippen LogP contribution in [0.25, 0.3) is 11.1 Å². The van der Waals surface area contributed by atoms with Crippen LogP contribution in [0.3, 0.4) is 0 Å². The molecule has 1 fully saturated rings. The SMILES string of the molecule is O=C(O)C(C(=O)O)C(=O)C1(n2ccc(-c3ccccc3)c2)CCC1. The number of hydrogen-bond acceptors (Lipinski definition) is 3. The van der Waals surface area contributed by atoms with Gasteiger partial charge in [-0.05, 0) is 36.5 Å². The van der Waals surface area contributed by atoms with Crippen molar-refractivity contribution in [3.8, 4) is 11.1 Å². The van der Waals surface area contributed by atoms with E-state index in [1.807, 2.05) is 36.4 Å². The summed E-state index contributed by atoms with van der Waals surface area (Å²) in [5, 5.41) is 18.2. The predicted octanol–water partition coefficient (Wildman–Crippen LogP) is 2.39. The molecule has 1 aromatic heterocycles. The molecule has 2 N–H and O–H groups in total. The lowest BCUT2D eigenvalue weighted by atomic mass is 9.70. The number of nitrogens with zero attached hydrogens (tertiary/aromatic N) is 1. The lowest BCUT2D eigenvalue weighted by Gasteiger charge is -2.42. The Bertz CT molecular complexity index is 775. The zero-order valence-electron chi connectivity index (χ0n) is 12.9. The molecule has 3 rings (SSSR count). The highest BCUT2D eigenvalue weighted by atomic mass is 16.4. The highest BCUT2D eigenvalue weighted by Gasteiger charge is 2.52. The van der Waals surface area contributed by atoms with Crippen molar-refractivity contribution in [2.45, 2.75) is 24.8 Å². The number of carbonyl (C=O) groups is 3. The van der Waals surface area contributed by atoms with Gasteiger partial charge in [-0.2, -0.15) is 0 Å². The molecular weight excluding hydrogens is 310 g/mol. The van der Waals surface area contributed by atoms with Gasteiger partial charge in [0.1, 0.15) is 5.54 Å². The second-order valence-electron chi connectivity index (χ2n) is 6.03. The Kier molecular flexibility index (Phi) is 3.97. The van der Waals surface area contributed by atoms with Gasteiger partial charge in [-0.25, -0.2) is 0 Å². The van der Waals surface area contributed by atoms with Gasteiger partial charge >= 0.3 is 11.9 Å². The second-order valence-corrected chi connectivity index (χ2v) is 6.03. The summed E-state index contributed by atoms with van der Waals surface area (Å²) in [6.07, 6.45) is 5.17. The summed E-state index contributed by atoms with van der Waals surface area (Å²) in [5.74, 6) is -6.03. The lowest BCUT2D eigenvalue weighted by Crippen LogP contribution is -2.53. The Morgan fingerprint density at radius 2 is 1.58 bits per heavy atom. The highest BCUT2D eigenvalue weighted by Crippen LogP contribution is 2.43. The van der Waals surface area contributed by atoms with Crippen molar-refractivity contribution in [3.63, 3.8) is 0 Å². The summed E-state index contributed by atoms with van der Waals surface area (Å²) in [7, 11) is 0. The Morgan fingerprint density at radius 3 is 2.08 bits per heavy atom. The van der Waals surface area contributed by atoms with Crippen LogP contribution in [0.15, 0.2) is 48.8 Å². The van der Waals surface area contributed by atoms with Crippen LogP contribution < -0.4 is 0 Å². The molecule has 1 aliphatic rings. The van der Waals surface area contributed by atoms with Crippen molar-refractivity contribution in [1.82, 2.24) is 4.57 Å². The fourth-order valence-corrected chi connectivity index (χ4v) is 3.21. The third kappa shape index (κ3) is 2.50. The molecule has 2 aromatic rings. The van der Waals surface area contributed by atoms with Gasteiger partial charge in [-0.3, -0.25) is 14.4 Å². The summed E-state index contributed by atoms with van der Waals surface area (Å²) in [6, 6.07) is 11.4. The van der Waals surface area contributed by atoms with E-state index >= 15 is 0 Å². The number of aliphatic carboxylic acids is 2. The fraction of sp³-hybridized carbons (Fsp3) is 0.278. The number of aromatic nitrogens is 1. The average molecular weight is 327 g/mol. The van der Waals surface area contributed by atoms with E-state index in [0.717, 1.165) is 17.5 Å². The molecule has 1 saturated carbocycles. The summed E-state index contributed by atoms with van der Waals surface area (Å²) in [6.45, 7) is 0. The zero-order chi connectivity index (χ0) is 17.3. The van der Waals surface area contributed by atoms with E-state index in [4.69, 9.17) is 10.2 Å². The van der Waals surface area contributed by atoms with Crippen LogP contribution in [0.2, 0.25) is 0 Å². The molecule has 24 heavy (non-hydrogen) atoms. The Morgan fingerprint density at radius 1 is 0.958 bits per heavy atom. The highest BCUT2D eigenvalue weighted by molar-refractivity contribution is 6.16. The van der Waals surface area contributed by atoms with Crippen molar-refractivity contribution < 1.29 is 24.6 Å². The van der Waals surface area contributed by atoms with E-state index < -0.39 is 29.2 Å². The van der Waals surface area contributed by atoms with Crippen LogP contribution >= 0.6 is 0 Å². The van der Waals surface area contributed by atoms with E-state index in [1.165, 1.54) is 0 Å². The summed E-state index contributed by atoms with van der Waals surface area (Å²) < 4.78 is 1.68. The average Bonchev–Trinajstić information content (AvgIpc) is 2.96. The number of carboxylic acid groups (broad SMARTS) is 2. The number of benzene rings is 1. The number of hydrogen-bond donors (Lipinski definition) is 2. The second kappa shape index (κ2) is 5.96. The lowest BCUT2D eigenvalue weighted by molar-refractivity contribution is -0.161. The Balaban J connectivity index is 1.97. The third-order valence-electron chi connectivity index (χ3n) is 4.69. The molecule has 1 aromatic carbocycles. The van der Waals surface area contributed by atoms with Gasteiger partial charge in [0.25, 0.3) is 0 Å². The number of ketones is 1. The van der Waals surface area contributed by atoms with E-state index in [9.17, 15) is 14.4 Å². The monoisotopic (exact) mass is 327 g/mol. The molecule has 0 spiro atoms. The standard InChI is InChI=1S/C18H17NO5/c20-15(14(16(21)22)17(23)24)18(8-4-9-18)19-10-7-13(11-19)12-5-2-1-3-6-12/h1-3,5-7,10-11,14H,4,8-9H2,(H,21,22)(H,23,24). The molecule has 0 unspecified atom stereocenters. The van der Waals surface area contributed by atoms with Crippen LogP contribution in [0.1, 0.15) is 19.3 Å². The number of rotatable bonds is 6. The molecule has 1 heterocycles. The number of carboxylic acids is 2. The topological polar surface area (TPSA) is 96.6 Å². The maximum atomic E-state index is 12.7. The third-order valence-corrected chi connectivity index (χ3v) is 4.69. The van der Waals surface area contributed by atoms with Crippen LogP contribution in [-0.2, 0) is 19.9 Å². The predicted molar refractivity (Wildman–Crippen MR) is 85.5 cm³/mol. The van der Waals surface area contributed by atoms with Crippen molar-refractivity contribution in [2.24, 2.45) is 5.92 Å². The molecule has 0 saturated heterocycles. The summed E-state index contributed by atoms with van der Waals surface area (Å²) in [5.41, 5.74) is 0.803. The Labute approximate surface area is 138 Å². The zero-order valence-corrected chi connectivity index (χ0v) is 12.9. The Hall–Kier alpha value is -2.89. The minimum atomic E-state index is -2.03. The molecule has 0 radical (unpaired) electrons. The van der Waals surface area contributed by atoms with E-state index in [2.05, 4.69) is 0 Å². The van der Waals surface area contributed by atoms with Gasteiger partial charge in [-0.1, -0.05) is 30.3 Å². The fourth-order valence-electron chi connectivity index (χ4n) is 3.21. The van der Waals surface area contributed by atoms with Gasteiger partial charge in [0, 0.05) is 12.4 Å². The molecule has 0 bridgehead atoms. The van der Waals surface area contributed by atoms with Gasteiger partial charge < -0.3 is 14.8 Å². The minimum Gasteiger partial charge on any atom is -0.480 e. The van der Waals surface area contributed by atoms with Gasteiger partial charge in [0.2, 0.25) is 5.92 Å². The summed E-state index contributed by atoms with van der Waals surface area (Å²) >= 11 is 0. The van der Waals surface area contributed by atoms with Crippen LogP contribution in [-0.4, -0.2) is 32.5 Å². The van der Waals surface area contributed by atoms with Crippen molar-refractivity contribution in [3.05, 3.63) is 48.8 Å². The minimum absolute atomic E-state index is 0.450. The molecule has 1 aliphatic carbocycles. The smallest absolute Gasteiger partial charge is 0.325 e. The number of Topliss-reactive ketones (excluding diaryl/α,β-unsaturated/α-hetero) is 1.